The lowest BCUT2D eigenvalue weighted by Crippen LogP contribution is -2.51. The van der Waals surface area contributed by atoms with Crippen LogP contribution in [-0.4, -0.2) is 55.4 Å². The van der Waals surface area contributed by atoms with Crippen LogP contribution in [0.25, 0.3) is 11.0 Å². The van der Waals surface area contributed by atoms with Gasteiger partial charge in [0.25, 0.3) is 0 Å². The summed E-state index contributed by atoms with van der Waals surface area (Å²) in [7, 11) is 3.14. The number of hydrogen-bond donors (Lipinski definition) is 0. The van der Waals surface area contributed by atoms with E-state index >= 15 is 0 Å². The fraction of sp³-hybridized carbons (Fsp3) is 0.348. The molecule has 2 heterocycles. The van der Waals surface area contributed by atoms with Crippen molar-refractivity contribution in [2.75, 3.05) is 38.9 Å². The third kappa shape index (κ3) is 3.53. The van der Waals surface area contributed by atoms with E-state index in [0.717, 1.165) is 11.0 Å². The second-order valence-corrected chi connectivity index (χ2v) is 7.17. The Kier molecular flexibility index (Phi) is 5.90. The van der Waals surface area contributed by atoms with Gasteiger partial charge in [-0.3, -0.25) is 14.5 Å². The normalized spacial score (nSPS) is 18.2. The molecule has 8 nitrogen and oxygen atoms in total. The van der Waals surface area contributed by atoms with Crippen molar-refractivity contribution in [1.82, 2.24) is 9.55 Å². The van der Waals surface area contributed by atoms with E-state index < -0.39 is 17.9 Å². The molecule has 0 radical (unpaired) electrons. The summed E-state index contributed by atoms with van der Waals surface area (Å²) in [6.45, 7) is 2.48. The number of benzene rings is 2. The van der Waals surface area contributed by atoms with Crippen molar-refractivity contribution in [2.45, 2.75) is 13.0 Å². The van der Waals surface area contributed by atoms with Crippen molar-refractivity contribution in [3.8, 4) is 5.75 Å². The second-order valence-electron chi connectivity index (χ2n) is 7.17. The Hall–Kier alpha value is -3.39. The van der Waals surface area contributed by atoms with Crippen LogP contribution in [0.1, 0.15) is 18.5 Å². The molecular formula is C23H25N3O5. The van der Waals surface area contributed by atoms with Gasteiger partial charge in [-0.15, -0.1) is 0 Å². The molecule has 0 spiro atoms. The van der Waals surface area contributed by atoms with Gasteiger partial charge < -0.3 is 18.8 Å². The number of hydrogen-bond acceptors (Lipinski definition) is 6. The number of aromatic nitrogens is 2. The Morgan fingerprint density at radius 1 is 1.10 bits per heavy atom. The van der Waals surface area contributed by atoms with Crippen molar-refractivity contribution >= 4 is 28.9 Å². The van der Waals surface area contributed by atoms with E-state index in [0.29, 0.717) is 23.9 Å². The minimum atomic E-state index is -1.08. The number of fused-ring (bicyclic) bond motifs is 3. The number of nitrogens with zero attached hydrogens (tertiary/aromatic N) is 3. The number of para-hydroxylation sites is 3. The zero-order chi connectivity index (χ0) is 22.0. The van der Waals surface area contributed by atoms with Crippen molar-refractivity contribution in [1.29, 1.82) is 0 Å². The highest BCUT2D eigenvalue weighted by Gasteiger charge is 2.48. The summed E-state index contributed by atoms with van der Waals surface area (Å²) in [6, 6.07) is 14.4. The van der Waals surface area contributed by atoms with E-state index in [9.17, 15) is 9.59 Å². The quantitative estimate of drug-likeness (QED) is 0.429. The molecule has 1 aliphatic heterocycles. The largest absolute Gasteiger partial charge is 0.496 e. The highest BCUT2D eigenvalue weighted by atomic mass is 16.5. The molecule has 1 amide bonds. The fourth-order valence-corrected chi connectivity index (χ4v) is 4.13. The Bertz CT molecular complexity index is 1110. The molecule has 0 aliphatic carbocycles. The Morgan fingerprint density at radius 3 is 2.58 bits per heavy atom. The fourth-order valence-electron chi connectivity index (χ4n) is 4.13. The predicted molar refractivity (Wildman–Crippen MR) is 115 cm³/mol. The molecule has 4 rings (SSSR count). The molecule has 0 saturated heterocycles. The number of anilines is 1. The van der Waals surface area contributed by atoms with Crippen molar-refractivity contribution in [2.24, 2.45) is 5.92 Å². The van der Waals surface area contributed by atoms with Crippen LogP contribution >= 0.6 is 0 Å². The third-order valence-electron chi connectivity index (χ3n) is 5.46. The topological polar surface area (TPSA) is 82.9 Å². The van der Waals surface area contributed by atoms with Crippen molar-refractivity contribution in [3.63, 3.8) is 0 Å². The first kappa shape index (κ1) is 20.9. The van der Waals surface area contributed by atoms with Gasteiger partial charge in [-0.05, 0) is 25.1 Å². The average molecular weight is 423 g/mol. The SMILES string of the molecule is CCOC(=O)C1C(=O)N(CCOC)c2nc3ccccc3n2C1c1ccccc1OC. The van der Waals surface area contributed by atoms with E-state index in [1.54, 1.807) is 21.1 Å². The highest BCUT2D eigenvalue weighted by Crippen LogP contribution is 2.43. The van der Waals surface area contributed by atoms with Crippen LogP contribution in [0.5, 0.6) is 5.75 Å². The second kappa shape index (κ2) is 8.77. The highest BCUT2D eigenvalue weighted by molar-refractivity contribution is 6.08. The number of imidazole rings is 1. The maximum Gasteiger partial charge on any atom is 0.321 e. The summed E-state index contributed by atoms with van der Waals surface area (Å²) in [5.74, 6) is -0.968. The maximum absolute atomic E-state index is 13.6. The minimum absolute atomic E-state index is 0.177. The molecule has 162 valence electrons. The molecule has 3 aromatic rings. The van der Waals surface area contributed by atoms with Gasteiger partial charge in [-0.1, -0.05) is 30.3 Å². The molecule has 0 fully saturated rings. The number of ether oxygens (including phenoxy) is 3. The van der Waals surface area contributed by atoms with Crippen LogP contribution < -0.4 is 9.64 Å². The number of esters is 1. The van der Waals surface area contributed by atoms with E-state index in [4.69, 9.17) is 19.2 Å². The van der Waals surface area contributed by atoms with Crippen LogP contribution in [0.2, 0.25) is 0 Å². The van der Waals surface area contributed by atoms with Crippen LogP contribution in [0, 0.1) is 5.92 Å². The van der Waals surface area contributed by atoms with Gasteiger partial charge in [0, 0.05) is 12.7 Å². The first-order valence-corrected chi connectivity index (χ1v) is 10.2. The van der Waals surface area contributed by atoms with E-state index in [1.807, 2.05) is 53.1 Å². The van der Waals surface area contributed by atoms with E-state index in [-0.39, 0.29) is 19.1 Å². The number of methoxy groups -OCH3 is 2. The minimum Gasteiger partial charge on any atom is -0.496 e. The number of carbonyl (C=O) groups is 2. The summed E-state index contributed by atoms with van der Waals surface area (Å²) >= 11 is 0. The van der Waals surface area contributed by atoms with Crippen LogP contribution in [-0.2, 0) is 19.1 Å². The Labute approximate surface area is 180 Å². The number of rotatable bonds is 7. The molecule has 2 atom stereocenters. The maximum atomic E-state index is 13.6. The number of amides is 1. The average Bonchev–Trinajstić information content (AvgIpc) is 3.17. The molecule has 1 aromatic heterocycles. The summed E-state index contributed by atoms with van der Waals surface area (Å²) < 4.78 is 18.1. The summed E-state index contributed by atoms with van der Waals surface area (Å²) in [6.07, 6.45) is 0. The van der Waals surface area contributed by atoms with Gasteiger partial charge in [0.2, 0.25) is 11.9 Å². The van der Waals surface area contributed by atoms with Crippen LogP contribution in [0.4, 0.5) is 5.95 Å². The lowest BCUT2D eigenvalue weighted by molar-refractivity contribution is -0.153. The van der Waals surface area contributed by atoms with Gasteiger partial charge >= 0.3 is 5.97 Å². The Morgan fingerprint density at radius 2 is 1.84 bits per heavy atom. The molecule has 2 aromatic carbocycles. The van der Waals surface area contributed by atoms with Crippen LogP contribution in [0.15, 0.2) is 48.5 Å². The van der Waals surface area contributed by atoms with E-state index in [2.05, 4.69) is 0 Å². The summed E-state index contributed by atoms with van der Waals surface area (Å²) in [5, 5.41) is 0. The van der Waals surface area contributed by atoms with Crippen LogP contribution in [0.3, 0.4) is 0 Å². The number of carbonyl (C=O) groups excluding carboxylic acids is 2. The summed E-state index contributed by atoms with van der Waals surface area (Å²) in [5.41, 5.74) is 2.27. The van der Waals surface area contributed by atoms with Gasteiger partial charge in [-0.25, -0.2) is 4.98 Å². The lowest BCUT2D eigenvalue weighted by Gasteiger charge is -2.38. The van der Waals surface area contributed by atoms with Gasteiger partial charge in [0.05, 0.1) is 43.9 Å². The zero-order valence-corrected chi connectivity index (χ0v) is 17.8. The van der Waals surface area contributed by atoms with Crippen molar-refractivity contribution in [3.05, 3.63) is 54.1 Å². The Balaban J connectivity index is 2.01. The third-order valence-corrected chi connectivity index (χ3v) is 5.46. The summed E-state index contributed by atoms with van der Waals surface area (Å²) in [4.78, 5) is 33.0. The molecule has 8 heteroatoms. The molecular weight excluding hydrogens is 398 g/mol. The van der Waals surface area contributed by atoms with E-state index in [1.165, 1.54) is 4.90 Å². The smallest absolute Gasteiger partial charge is 0.321 e. The molecule has 2 unspecified atom stereocenters. The molecule has 31 heavy (non-hydrogen) atoms. The first-order chi connectivity index (χ1) is 15.1. The van der Waals surface area contributed by atoms with Crippen molar-refractivity contribution < 1.29 is 23.8 Å². The zero-order valence-electron chi connectivity index (χ0n) is 17.8. The molecule has 0 N–H and O–H groups in total. The predicted octanol–water partition coefficient (Wildman–Crippen LogP) is 2.81. The van der Waals surface area contributed by atoms with Gasteiger partial charge in [0.1, 0.15) is 5.75 Å². The standard InChI is InChI=1S/C23H25N3O5/c1-4-31-22(28)19-20(15-9-5-8-12-18(15)30-3)26-17-11-7-6-10-16(17)24-23(26)25(21(19)27)13-14-29-2/h5-12,19-20H,4,13-14H2,1-3H3. The molecule has 1 aliphatic rings. The first-order valence-electron chi connectivity index (χ1n) is 10.2. The molecule has 0 bridgehead atoms. The lowest BCUT2D eigenvalue weighted by atomic mass is 9.89. The van der Waals surface area contributed by atoms with Gasteiger partial charge in [0.15, 0.2) is 5.92 Å². The monoisotopic (exact) mass is 423 g/mol. The van der Waals surface area contributed by atoms with Gasteiger partial charge in [-0.2, -0.15) is 0 Å². The molecule has 0 saturated carbocycles.